The number of carbonyl (C=O) groups excluding carboxylic acids is 1. The van der Waals surface area contributed by atoms with E-state index in [1.165, 1.54) is 12.4 Å². The van der Waals surface area contributed by atoms with Crippen molar-refractivity contribution in [1.29, 1.82) is 0 Å². The molecule has 25 heavy (non-hydrogen) atoms. The quantitative estimate of drug-likeness (QED) is 0.792. The Kier molecular flexibility index (Phi) is 4.01. The van der Waals surface area contributed by atoms with E-state index in [2.05, 4.69) is 15.3 Å². The van der Waals surface area contributed by atoms with Gasteiger partial charge >= 0.3 is 0 Å². The molecule has 1 aliphatic rings. The predicted molar refractivity (Wildman–Crippen MR) is 94.9 cm³/mol. The molecule has 1 aromatic heterocycles. The van der Waals surface area contributed by atoms with Crippen LogP contribution in [0.25, 0.3) is 10.9 Å². The number of nitrogens with zero attached hydrogens (tertiary/aromatic N) is 3. The molecule has 0 radical (unpaired) electrons. The molecule has 0 bridgehead atoms. The van der Waals surface area contributed by atoms with E-state index in [-0.39, 0.29) is 11.7 Å². The van der Waals surface area contributed by atoms with Crippen LogP contribution in [0.15, 0.2) is 48.8 Å². The highest BCUT2D eigenvalue weighted by Gasteiger charge is 2.21. The third-order valence-electron chi connectivity index (χ3n) is 4.40. The number of nitrogens with one attached hydrogen (secondary N) is 1. The van der Waals surface area contributed by atoms with Crippen molar-refractivity contribution < 1.29 is 9.18 Å². The zero-order valence-corrected chi connectivity index (χ0v) is 13.6. The number of rotatable bonds is 4. The van der Waals surface area contributed by atoms with E-state index in [9.17, 15) is 9.18 Å². The Balaban J connectivity index is 1.50. The van der Waals surface area contributed by atoms with Gasteiger partial charge in [-0.25, -0.2) is 14.4 Å². The summed E-state index contributed by atoms with van der Waals surface area (Å²) in [7, 11) is 0. The number of halogens is 1. The van der Waals surface area contributed by atoms with Crippen LogP contribution in [0, 0.1) is 5.82 Å². The number of amides is 1. The van der Waals surface area contributed by atoms with Gasteiger partial charge in [0, 0.05) is 30.6 Å². The maximum Gasteiger partial charge on any atom is 0.227 e. The molecular weight excluding hydrogens is 319 g/mol. The molecule has 2 aromatic carbocycles. The van der Waals surface area contributed by atoms with Crippen LogP contribution in [0.3, 0.4) is 0 Å². The monoisotopic (exact) mass is 336 g/mol. The average Bonchev–Trinajstić information content (AvgIpc) is 3.07. The molecule has 2 heterocycles. The molecule has 4 rings (SSSR count). The lowest BCUT2D eigenvalue weighted by atomic mass is 10.2. The van der Waals surface area contributed by atoms with Gasteiger partial charge in [0.2, 0.25) is 5.91 Å². The maximum atomic E-state index is 13.8. The van der Waals surface area contributed by atoms with Gasteiger partial charge in [-0.2, -0.15) is 0 Å². The predicted octanol–water partition coefficient (Wildman–Crippen LogP) is 3.51. The summed E-state index contributed by atoms with van der Waals surface area (Å²) < 4.78 is 13.8. The summed E-state index contributed by atoms with van der Waals surface area (Å²) >= 11 is 0. The van der Waals surface area contributed by atoms with Gasteiger partial charge in [-0.3, -0.25) is 4.79 Å². The number of anilines is 2. The lowest BCUT2D eigenvalue weighted by Crippen LogP contribution is -2.23. The molecular formula is C19H17FN4O. The van der Waals surface area contributed by atoms with E-state index >= 15 is 0 Å². The third kappa shape index (κ3) is 3.03. The molecule has 1 amide bonds. The molecule has 0 aliphatic carbocycles. The van der Waals surface area contributed by atoms with Gasteiger partial charge in [-0.1, -0.05) is 18.2 Å². The Bertz CT molecular complexity index is 926. The summed E-state index contributed by atoms with van der Waals surface area (Å²) in [5.74, 6) is 0.422. The van der Waals surface area contributed by atoms with E-state index in [1.54, 1.807) is 12.1 Å². The SMILES string of the molecule is O=C1CCCN1c1ccc(CNc2ncnc3c(F)cccc23)cc1. The molecule has 0 unspecified atom stereocenters. The number of benzene rings is 2. The average molecular weight is 336 g/mol. The van der Waals surface area contributed by atoms with Crippen LogP contribution in [0.2, 0.25) is 0 Å². The van der Waals surface area contributed by atoms with E-state index in [0.717, 1.165) is 24.2 Å². The largest absolute Gasteiger partial charge is 0.365 e. The summed E-state index contributed by atoms with van der Waals surface area (Å²) in [5, 5.41) is 3.89. The third-order valence-corrected chi connectivity index (χ3v) is 4.40. The number of aromatic nitrogens is 2. The minimum atomic E-state index is -0.359. The summed E-state index contributed by atoms with van der Waals surface area (Å²) in [6, 6.07) is 12.7. The highest BCUT2D eigenvalue weighted by Crippen LogP contribution is 2.23. The first-order chi connectivity index (χ1) is 12.2. The summed E-state index contributed by atoms with van der Waals surface area (Å²) in [4.78, 5) is 21.8. The van der Waals surface area contributed by atoms with Crippen LogP contribution in [0.4, 0.5) is 15.9 Å². The van der Waals surface area contributed by atoms with E-state index in [0.29, 0.717) is 29.7 Å². The van der Waals surface area contributed by atoms with Gasteiger partial charge in [0.1, 0.15) is 23.5 Å². The maximum absolute atomic E-state index is 13.8. The summed E-state index contributed by atoms with van der Waals surface area (Å²) in [6.07, 6.45) is 2.90. The molecule has 1 saturated heterocycles. The smallest absolute Gasteiger partial charge is 0.227 e. The van der Waals surface area contributed by atoms with Crippen molar-refractivity contribution in [3.63, 3.8) is 0 Å². The highest BCUT2D eigenvalue weighted by molar-refractivity contribution is 5.95. The molecule has 0 spiro atoms. The van der Waals surface area contributed by atoms with Crippen molar-refractivity contribution >= 4 is 28.3 Å². The Morgan fingerprint density at radius 1 is 1.12 bits per heavy atom. The van der Waals surface area contributed by atoms with E-state index < -0.39 is 0 Å². The number of hydrogen-bond donors (Lipinski definition) is 1. The van der Waals surface area contributed by atoms with Crippen LogP contribution in [0.5, 0.6) is 0 Å². The van der Waals surface area contributed by atoms with E-state index in [4.69, 9.17) is 0 Å². The topological polar surface area (TPSA) is 58.1 Å². The van der Waals surface area contributed by atoms with Crippen LogP contribution < -0.4 is 10.2 Å². The Morgan fingerprint density at radius 3 is 2.72 bits per heavy atom. The minimum absolute atomic E-state index is 0.181. The Morgan fingerprint density at radius 2 is 1.96 bits per heavy atom. The molecule has 1 fully saturated rings. The van der Waals surface area contributed by atoms with Crippen LogP contribution in [-0.4, -0.2) is 22.4 Å². The first-order valence-corrected chi connectivity index (χ1v) is 8.25. The van der Waals surface area contributed by atoms with E-state index in [1.807, 2.05) is 29.2 Å². The van der Waals surface area contributed by atoms with Crippen molar-refractivity contribution in [3.8, 4) is 0 Å². The van der Waals surface area contributed by atoms with Crippen molar-refractivity contribution in [2.24, 2.45) is 0 Å². The fraction of sp³-hybridized carbons (Fsp3) is 0.211. The lowest BCUT2D eigenvalue weighted by Gasteiger charge is -2.16. The number of para-hydroxylation sites is 1. The summed E-state index contributed by atoms with van der Waals surface area (Å²) in [5.41, 5.74) is 2.29. The van der Waals surface area contributed by atoms with Crippen LogP contribution >= 0.6 is 0 Å². The molecule has 1 aliphatic heterocycles. The second-order valence-corrected chi connectivity index (χ2v) is 6.03. The highest BCUT2D eigenvalue weighted by atomic mass is 19.1. The Labute approximate surface area is 144 Å². The molecule has 1 N–H and O–H groups in total. The van der Waals surface area contributed by atoms with Gasteiger partial charge in [-0.05, 0) is 36.2 Å². The molecule has 5 nitrogen and oxygen atoms in total. The molecule has 3 aromatic rings. The number of carbonyl (C=O) groups is 1. The lowest BCUT2D eigenvalue weighted by molar-refractivity contribution is -0.117. The first-order valence-electron chi connectivity index (χ1n) is 8.25. The van der Waals surface area contributed by atoms with Gasteiger partial charge in [-0.15, -0.1) is 0 Å². The van der Waals surface area contributed by atoms with Crippen molar-refractivity contribution in [1.82, 2.24) is 9.97 Å². The van der Waals surface area contributed by atoms with Gasteiger partial charge in [0.25, 0.3) is 0 Å². The molecule has 0 atom stereocenters. The fourth-order valence-electron chi connectivity index (χ4n) is 3.09. The van der Waals surface area contributed by atoms with Crippen molar-refractivity contribution in [3.05, 3.63) is 60.2 Å². The minimum Gasteiger partial charge on any atom is -0.365 e. The zero-order valence-electron chi connectivity index (χ0n) is 13.6. The van der Waals surface area contributed by atoms with Crippen LogP contribution in [0.1, 0.15) is 18.4 Å². The zero-order chi connectivity index (χ0) is 17.2. The number of fused-ring (bicyclic) bond motifs is 1. The van der Waals surface area contributed by atoms with Crippen molar-refractivity contribution in [2.45, 2.75) is 19.4 Å². The second kappa shape index (κ2) is 6.47. The van der Waals surface area contributed by atoms with Crippen LogP contribution in [-0.2, 0) is 11.3 Å². The fourth-order valence-corrected chi connectivity index (χ4v) is 3.09. The van der Waals surface area contributed by atoms with Gasteiger partial charge in [0.15, 0.2) is 0 Å². The summed E-state index contributed by atoms with van der Waals surface area (Å²) in [6.45, 7) is 1.34. The van der Waals surface area contributed by atoms with Crippen molar-refractivity contribution in [2.75, 3.05) is 16.8 Å². The molecule has 126 valence electrons. The standard InChI is InChI=1S/C19H17FN4O/c20-16-4-1-3-15-18(16)22-12-23-19(15)21-11-13-6-8-14(9-7-13)24-10-2-5-17(24)25/h1,3-4,6-9,12H,2,5,10-11H2,(H,21,22,23). The molecule has 6 heteroatoms. The normalized spacial score (nSPS) is 14.3. The molecule has 0 saturated carbocycles. The van der Waals surface area contributed by atoms with Gasteiger partial charge in [0.05, 0.1) is 0 Å². The second-order valence-electron chi connectivity index (χ2n) is 6.03. The first kappa shape index (κ1) is 15.5. The number of hydrogen-bond acceptors (Lipinski definition) is 4. The Hall–Kier alpha value is -3.02. The van der Waals surface area contributed by atoms with Gasteiger partial charge < -0.3 is 10.2 Å².